The number of halogens is 1. The zero-order valence-electron chi connectivity index (χ0n) is 12.0. The Morgan fingerprint density at radius 3 is 2.70 bits per heavy atom. The summed E-state index contributed by atoms with van der Waals surface area (Å²) in [6.45, 7) is 6.40. The number of ether oxygens (including phenoxy) is 1. The van der Waals surface area contributed by atoms with Gasteiger partial charge < -0.3 is 14.5 Å². The van der Waals surface area contributed by atoms with Gasteiger partial charge in [-0.15, -0.1) is 12.4 Å². The minimum Gasteiger partial charge on any atom is -0.494 e. The molecule has 1 aromatic rings. The third-order valence-corrected chi connectivity index (χ3v) is 3.48. The summed E-state index contributed by atoms with van der Waals surface area (Å²) in [7, 11) is 2.17. The summed E-state index contributed by atoms with van der Waals surface area (Å²) >= 11 is 0. The van der Waals surface area contributed by atoms with Crippen molar-refractivity contribution in [3.63, 3.8) is 0 Å². The molecule has 1 fully saturated rings. The lowest BCUT2D eigenvalue weighted by Gasteiger charge is -2.32. The lowest BCUT2D eigenvalue weighted by atomic mass is 10.2. The van der Waals surface area contributed by atoms with Crippen LogP contribution in [0, 0.1) is 0 Å². The Bertz CT molecular complexity index is 407. The number of rotatable bonds is 6. The third kappa shape index (κ3) is 5.49. The Morgan fingerprint density at radius 1 is 1.25 bits per heavy atom. The average molecular weight is 299 g/mol. The van der Waals surface area contributed by atoms with Crippen LogP contribution in [0.15, 0.2) is 24.3 Å². The van der Waals surface area contributed by atoms with Gasteiger partial charge in [0.25, 0.3) is 0 Å². The first kappa shape index (κ1) is 17.0. The van der Waals surface area contributed by atoms with Crippen LogP contribution in [0.4, 0.5) is 0 Å². The maximum Gasteiger partial charge on any atom is 0.150 e. The molecule has 0 aromatic heterocycles. The van der Waals surface area contributed by atoms with E-state index in [1.165, 1.54) is 0 Å². The minimum atomic E-state index is 0. The van der Waals surface area contributed by atoms with E-state index < -0.39 is 0 Å². The second-order valence-corrected chi connectivity index (χ2v) is 5.04. The van der Waals surface area contributed by atoms with Crippen molar-refractivity contribution in [3.8, 4) is 5.75 Å². The number of hydrogen-bond donors (Lipinski definition) is 0. The smallest absolute Gasteiger partial charge is 0.150 e. The largest absolute Gasteiger partial charge is 0.494 e. The minimum absolute atomic E-state index is 0. The zero-order chi connectivity index (χ0) is 13.5. The highest BCUT2D eigenvalue weighted by atomic mass is 35.5. The molecule has 2 rings (SSSR count). The molecule has 0 unspecified atom stereocenters. The van der Waals surface area contributed by atoms with Gasteiger partial charge in [-0.25, -0.2) is 0 Å². The number of carbonyl (C=O) groups excluding carboxylic acids is 1. The van der Waals surface area contributed by atoms with E-state index in [9.17, 15) is 4.79 Å². The highest BCUT2D eigenvalue weighted by Crippen LogP contribution is 2.12. The lowest BCUT2D eigenvalue weighted by Crippen LogP contribution is -2.44. The fourth-order valence-corrected chi connectivity index (χ4v) is 2.23. The van der Waals surface area contributed by atoms with E-state index in [4.69, 9.17) is 4.74 Å². The van der Waals surface area contributed by atoms with E-state index in [0.717, 1.165) is 51.2 Å². The predicted molar refractivity (Wildman–Crippen MR) is 83.1 cm³/mol. The van der Waals surface area contributed by atoms with E-state index >= 15 is 0 Å². The van der Waals surface area contributed by atoms with Crippen LogP contribution in [0.2, 0.25) is 0 Å². The molecule has 0 spiro atoms. The van der Waals surface area contributed by atoms with Crippen LogP contribution >= 0.6 is 12.4 Å². The number of hydrogen-bond acceptors (Lipinski definition) is 4. The maximum absolute atomic E-state index is 10.7. The fourth-order valence-electron chi connectivity index (χ4n) is 2.23. The molecule has 112 valence electrons. The van der Waals surface area contributed by atoms with Crippen LogP contribution in [0.1, 0.15) is 16.8 Å². The second kappa shape index (κ2) is 8.95. The van der Waals surface area contributed by atoms with Gasteiger partial charge >= 0.3 is 0 Å². The number of likely N-dealkylation sites (N-methyl/N-ethyl adjacent to an activating group) is 1. The molecule has 0 N–H and O–H groups in total. The molecule has 0 atom stereocenters. The predicted octanol–water partition coefficient (Wildman–Crippen LogP) is 1.94. The number of benzene rings is 1. The summed E-state index contributed by atoms with van der Waals surface area (Å²) in [6, 6.07) is 7.30. The first-order chi connectivity index (χ1) is 9.28. The standard InChI is InChI=1S/C15H22N2O2.ClH/c1-16-7-9-17(10-8-16)6-3-11-19-15-5-2-4-14(12-15)13-18;/h2,4-5,12-13H,3,6-11H2,1H3;1H. The van der Waals surface area contributed by atoms with Crippen LogP contribution in [0.5, 0.6) is 5.75 Å². The van der Waals surface area contributed by atoms with Crippen LogP contribution in [0.25, 0.3) is 0 Å². The summed E-state index contributed by atoms with van der Waals surface area (Å²) in [6.07, 6.45) is 1.87. The number of carbonyl (C=O) groups is 1. The Labute approximate surface area is 127 Å². The molecule has 0 amide bonds. The summed E-state index contributed by atoms with van der Waals surface area (Å²) in [5.74, 6) is 0.781. The molecule has 4 nitrogen and oxygen atoms in total. The molecule has 1 aromatic carbocycles. The first-order valence-corrected chi connectivity index (χ1v) is 6.87. The SMILES string of the molecule is CN1CCN(CCCOc2cccc(C=O)c2)CC1.Cl. The molecule has 1 saturated heterocycles. The normalized spacial score (nSPS) is 16.4. The summed E-state index contributed by atoms with van der Waals surface area (Å²) in [5.41, 5.74) is 0.663. The molecule has 20 heavy (non-hydrogen) atoms. The summed E-state index contributed by atoms with van der Waals surface area (Å²) < 4.78 is 5.66. The van der Waals surface area contributed by atoms with Crippen LogP contribution < -0.4 is 4.74 Å². The monoisotopic (exact) mass is 298 g/mol. The molecule has 0 aliphatic carbocycles. The van der Waals surface area contributed by atoms with Crippen molar-refractivity contribution in [1.82, 2.24) is 9.80 Å². The van der Waals surface area contributed by atoms with Crippen LogP contribution in [0.3, 0.4) is 0 Å². The molecular weight excluding hydrogens is 276 g/mol. The Kier molecular flexibility index (Phi) is 7.59. The highest BCUT2D eigenvalue weighted by Gasteiger charge is 2.12. The molecular formula is C15H23ClN2O2. The van der Waals surface area contributed by atoms with Gasteiger partial charge in [-0.2, -0.15) is 0 Å². The molecule has 5 heteroatoms. The van der Waals surface area contributed by atoms with Crippen molar-refractivity contribution in [2.24, 2.45) is 0 Å². The van der Waals surface area contributed by atoms with E-state index in [-0.39, 0.29) is 12.4 Å². The van der Waals surface area contributed by atoms with Gasteiger partial charge in [-0.1, -0.05) is 12.1 Å². The van der Waals surface area contributed by atoms with E-state index in [1.54, 1.807) is 12.1 Å². The van der Waals surface area contributed by atoms with Gasteiger partial charge in [0.15, 0.2) is 0 Å². The molecule has 1 aliphatic heterocycles. The third-order valence-electron chi connectivity index (χ3n) is 3.48. The molecule has 1 heterocycles. The quantitative estimate of drug-likeness (QED) is 0.593. The Hall–Kier alpha value is -1.10. The van der Waals surface area contributed by atoms with Gasteiger partial charge in [0.05, 0.1) is 6.61 Å². The van der Waals surface area contributed by atoms with Crippen molar-refractivity contribution in [3.05, 3.63) is 29.8 Å². The highest BCUT2D eigenvalue weighted by molar-refractivity contribution is 5.85. The van der Waals surface area contributed by atoms with E-state index in [0.29, 0.717) is 12.2 Å². The van der Waals surface area contributed by atoms with Crippen molar-refractivity contribution < 1.29 is 9.53 Å². The second-order valence-electron chi connectivity index (χ2n) is 5.04. The van der Waals surface area contributed by atoms with Gasteiger partial charge in [-0.3, -0.25) is 4.79 Å². The Balaban J connectivity index is 0.00000200. The van der Waals surface area contributed by atoms with Crippen molar-refractivity contribution >= 4 is 18.7 Å². The number of nitrogens with zero attached hydrogens (tertiary/aromatic N) is 2. The van der Waals surface area contributed by atoms with E-state index in [1.807, 2.05) is 12.1 Å². The number of piperazine rings is 1. The maximum atomic E-state index is 10.7. The number of aldehydes is 1. The molecule has 0 bridgehead atoms. The van der Waals surface area contributed by atoms with Gasteiger partial charge in [0.2, 0.25) is 0 Å². The van der Waals surface area contributed by atoms with Crippen molar-refractivity contribution in [2.75, 3.05) is 46.4 Å². The molecule has 1 aliphatic rings. The van der Waals surface area contributed by atoms with Crippen LogP contribution in [-0.2, 0) is 0 Å². The summed E-state index contributed by atoms with van der Waals surface area (Å²) in [5, 5.41) is 0. The van der Waals surface area contributed by atoms with Crippen molar-refractivity contribution in [1.29, 1.82) is 0 Å². The summed E-state index contributed by atoms with van der Waals surface area (Å²) in [4.78, 5) is 15.5. The fraction of sp³-hybridized carbons (Fsp3) is 0.533. The zero-order valence-corrected chi connectivity index (χ0v) is 12.8. The molecule has 0 radical (unpaired) electrons. The lowest BCUT2D eigenvalue weighted by molar-refractivity contribution is 0.112. The van der Waals surface area contributed by atoms with Crippen molar-refractivity contribution in [2.45, 2.75) is 6.42 Å². The van der Waals surface area contributed by atoms with Crippen LogP contribution in [-0.4, -0.2) is 62.5 Å². The molecule has 0 saturated carbocycles. The van der Waals surface area contributed by atoms with Gasteiger partial charge in [0.1, 0.15) is 12.0 Å². The van der Waals surface area contributed by atoms with Gasteiger partial charge in [-0.05, 0) is 25.6 Å². The van der Waals surface area contributed by atoms with E-state index in [2.05, 4.69) is 16.8 Å². The Morgan fingerprint density at radius 2 is 2.00 bits per heavy atom. The first-order valence-electron chi connectivity index (χ1n) is 6.87. The topological polar surface area (TPSA) is 32.8 Å². The van der Waals surface area contributed by atoms with Gasteiger partial charge in [0, 0.05) is 38.3 Å². The average Bonchev–Trinajstić information content (AvgIpc) is 2.46.